The Morgan fingerprint density at radius 1 is 1.53 bits per heavy atom. The second-order valence-corrected chi connectivity index (χ2v) is 4.38. The van der Waals surface area contributed by atoms with Gasteiger partial charge in [0.1, 0.15) is 0 Å². The van der Waals surface area contributed by atoms with Crippen LogP contribution in [0.2, 0.25) is 0 Å². The first-order valence-corrected chi connectivity index (χ1v) is 5.63. The first kappa shape index (κ1) is 14.2. The molecule has 1 N–H and O–H groups in total. The molecule has 15 heavy (non-hydrogen) atoms. The average molecular weight is 235 g/mol. The Morgan fingerprint density at radius 2 is 2.20 bits per heavy atom. The van der Waals surface area contributed by atoms with Crippen molar-refractivity contribution in [1.29, 1.82) is 0 Å². The summed E-state index contributed by atoms with van der Waals surface area (Å²) in [6.07, 6.45) is 0.632. The first-order valence-electron chi connectivity index (χ1n) is 4.47. The number of thioether (sulfide) groups is 1. The molecular weight excluding hydrogens is 218 g/mol. The maximum Gasteiger partial charge on any atom is 0.315 e. The quantitative estimate of drug-likeness (QED) is 0.285. The van der Waals surface area contributed by atoms with E-state index in [4.69, 9.17) is 4.74 Å². The molecule has 0 atom stereocenters. The van der Waals surface area contributed by atoms with E-state index in [1.165, 1.54) is 18.9 Å². The van der Waals surface area contributed by atoms with Gasteiger partial charge in [-0.05, 0) is 13.8 Å². The van der Waals surface area contributed by atoms with Crippen LogP contribution in [0.25, 0.3) is 0 Å². The first-order chi connectivity index (χ1) is 7.02. The molecule has 5 nitrogen and oxygen atoms in total. The fourth-order valence-corrected chi connectivity index (χ4v) is 1.49. The number of carbonyl (C=O) groups is 2. The highest BCUT2D eigenvalue weighted by Crippen LogP contribution is 2.11. The van der Waals surface area contributed by atoms with Crippen molar-refractivity contribution in [3.8, 4) is 0 Å². The molecular formula is C9H17NO4S. The summed E-state index contributed by atoms with van der Waals surface area (Å²) in [5, 5.41) is 2.54. The van der Waals surface area contributed by atoms with Gasteiger partial charge in [-0.25, -0.2) is 0 Å². The van der Waals surface area contributed by atoms with E-state index < -0.39 is 5.60 Å². The van der Waals surface area contributed by atoms with E-state index in [0.717, 1.165) is 0 Å². The van der Waals surface area contributed by atoms with Crippen molar-refractivity contribution in [3.05, 3.63) is 0 Å². The van der Waals surface area contributed by atoms with Gasteiger partial charge >= 0.3 is 5.97 Å². The lowest BCUT2D eigenvalue weighted by Crippen LogP contribution is -2.37. The van der Waals surface area contributed by atoms with Crippen LogP contribution in [0.3, 0.4) is 0 Å². The summed E-state index contributed by atoms with van der Waals surface area (Å²) in [7, 11) is 1.35. The average Bonchev–Trinajstić information content (AvgIpc) is 2.21. The minimum atomic E-state index is -0.427. The van der Waals surface area contributed by atoms with Crippen molar-refractivity contribution in [2.45, 2.75) is 19.4 Å². The second kappa shape index (κ2) is 7.53. The topological polar surface area (TPSA) is 64.6 Å². The van der Waals surface area contributed by atoms with Gasteiger partial charge in [0.15, 0.2) is 0 Å². The van der Waals surface area contributed by atoms with Crippen LogP contribution >= 0.6 is 11.8 Å². The maximum atomic E-state index is 10.8. The van der Waals surface area contributed by atoms with E-state index >= 15 is 0 Å². The van der Waals surface area contributed by atoms with E-state index in [1.54, 1.807) is 0 Å². The van der Waals surface area contributed by atoms with Gasteiger partial charge in [0.25, 0.3) is 0 Å². The third-order valence-electron chi connectivity index (χ3n) is 1.59. The number of hydrogen-bond donors (Lipinski definition) is 1. The summed E-state index contributed by atoms with van der Waals surface area (Å²) in [6, 6.07) is 0. The monoisotopic (exact) mass is 235 g/mol. The summed E-state index contributed by atoms with van der Waals surface area (Å²) in [6.45, 7) is 4.17. The van der Waals surface area contributed by atoms with Gasteiger partial charge in [0.2, 0.25) is 6.41 Å². The molecule has 0 fully saturated rings. The molecule has 0 aliphatic carbocycles. The molecule has 0 aliphatic heterocycles. The number of rotatable bonds is 8. The lowest BCUT2D eigenvalue weighted by atomic mass is 10.1. The van der Waals surface area contributed by atoms with Gasteiger partial charge in [-0.2, -0.15) is 0 Å². The van der Waals surface area contributed by atoms with E-state index in [1.807, 2.05) is 13.8 Å². The lowest BCUT2D eigenvalue weighted by molar-refractivity contribution is -0.137. The highest BCUT2D eigenvalue weighted by Gasteiger charge is 2.17. The minimum Gasteiger partial charge on any atom is -0.468 e. The third kappa shape index (κ3) is 8.26. The molecule has 0 saturated carbocycles. The highest BCUT2D eigenvalue weighted by molar-refractivity contribution is 7.99. The number of nitrogens with one attached hydrogen (secondary N) is 1. The summed E-state index contributed by atoms with van der Waals surface area (Å²) in [4.78, 5) is 20.8. The molecule has 0 rings (SSSR count). The Bertz CT molecular complexity index is 208. The number of hydrogen-bond acceptors (Lipinski definition) is 5. The van der Waals surface area contributed by atoms with Gasteiger partial charge in [0.05, 0.1) is 24.4 Å². The smallest absolute Gasteiger partial charge is 0.315 e. The standard InChI is InChI=1S/C9H17NO4S/c1-9(2,5-10-6-11)14-7-15-4-8(12)13-3/h6H,4-5,7H2,1-3H3,(H,10,11). The zero-order chi connectivity index (χ0) is 11.7. The van der Waals surface area contributed by atoms with Crippen LogP contribution in [0.5, 0.6) is 0 Å². The van der Waals surface area contributed by atoms with Crippen LogP contribution in [-0.4, -0.2) is 43.3 Å². The Hall–Kier alpha value is -0.750. The van der Waals surface area contributed by atoms with Crippen LogP contribution in [0.1, 0.15) is 13.8 Å². The van der Waals surface area contributed by atoms with Gasteiger partial charge in [0, 0.05) is 6.54 Å². The van der Waals surface area contributed by atoms with Crippen molar-refractivity contribution in [2.75, 3.05) is 25.3 Å². The Labute approximate surface area is 93.9 Å². The molecule has 0 aromatic rings. The molecule has 0 saturated heterocycles. The second-order valence-electron chi connectivity index (χ2n) is 3.45. The zero-order valence-corrected chi connectivity index (χ0v) is 10.1. The van der Waals surface area contributed by atoms with E-state index in [9.17, 15) is 9.59 Å². The molecule has 0 spiro atoms. The molecule has 0 aromatic heterocycles. The van der Waals surface area contributed by atoms with Gasteiger partial charge in [-0.15, -0.1) is 11.8 Å². The number of amides is 1. The van der Waals surface area contributed by atoms with Crippen LogP contribution in [0.15, 0.2) is 0 Å². The third-order valence-corrected chi connectivity index (χ3v) is 2.32. The van der Waals surface area contributed by atoms with Crippen LogP contribution in [-0.2, 0) is 19.1 Å². The van der Waals surface area contributed by atoms with Gasteiger partial charge < -0.3 is 14.8 Å². The predicted molar refractivity (Wildman–Crippen MR) is 58.6 cm³/mol. The van der Waals surface area contributed by atoms with Crippen molar-refractivity contribution >= 4 is 24.1 Å². The molecule has 0 unspecified atom stereocenters. The van der Waals surface area contributed by atoms with Gasteiger partial charge in [-0.3, -0.25) is 9.59 Å². The maximum absolute atomic E-state index is 10.8. The van der Waals surface area contributed by atoms with Crippen LogP contribution in [0.4, 0.5) is 0 Å². The molecule has 0 aromatic carbocycles. The number of methoxy groups -OCH3 is 1. The summed E-state index contributed by atoms with van der Waals surface area (Å²) >= 11 is 1.33. The zero-order valence-electron chi connectivity index (χ0n) is 9.24. The Balaban J connectivity index is 3.56. The molecule has 0 radical (unpaired) electrons. The van der Waals surface area contributed by atoms with Crippen molar-refractivity contribution in [2.24, 2.45) is 0 Å². The highest BCUT2D eigenvalue weighted by atomic mass is 32.2. The molecule has 6 heteroatoms. The number of carbonyl (C=O) groups excluding carboxylic acids is 2. The lowest BCUT2D eigenvalue weighted by Gasteiger charge is -2.24. The van der Waals surface area contributed by atoms with E-state index in [2.05, 4.69) is 10.1 Å². The minimum absolute atomic E-state index is 0.271. The summed E-state index contributed by atoms with van der Waals surface area (Å²) in [5.41, 5.74) is -0.427. The van der Waals surface area contributed by atoms with Gasteiger partial charge in [-0.1, -0.05) is 0 Å². The Kier molecular flexibility index (Phi) is 7.15. The largest absolute Gasteiger partial charge is 0.468 e. The number of ether oxygens (including phenoxy) is 2. The Morgan fingerprint density at radius 3 is 2.73 bits per heavy atom. The molecule has 88 valence electrons. The fraction of sp³-hybridized carbons (Fsp3) is 0.778. The molecule has 0 aliphatic rings. The number of esters is 1. The van der Waals surface area contributed by atoms with Crippen molar-refractivity contribution in [3.63, 3.8) is 0 Å². The molecule has 1 amide bonds. The predicted octanol–water partition coefficient (Wildman–Crippen LogP) is 0.391. The van der Waals surface area contributed by atoms with Crippen LogP contribution < -0.4 is 5.32 Å². The molecule has 0 bridgehead atoms. The molecule has 0 heterocycles. The van der Waals surface area contributed by atoms with Crippen LogP contribution in [0, 0.1) is 0 Å². The SMILES string of the molecule is COC(=O)CSCOC(C)(C)CNC=O. The summed E-state index contributed by atoms with van der Waals surface area (Å²) in [5.74, 6) is 0.392. The van der Waals surface area contributed by atoms with E-state index in [0.29, 0.717) is 18.9 Å². The van der Waals surface area contributed by atoms with Crippen molar-refractivity contribution in [1.82, 2.24) is 5.32 Å². The van der Waals surface area contributed by atoms with Crippen molar-refractivity contribution < 1.29 is 19.1 Å². The normalized spacial score (nSPS) is 10.9. The fourth-order valence-electron chi connectivity index (χ4n) is 0.724. The van der Waals surface area contributed by atoms with E-state index in [-0.39, 0.29) is 11.7 Å². The summed E-state index contributed by atoms with van der Waals surface area (Å²) < 4.78 is 9.93.